The fraction of sp³-hybridized carbons (Fsp3) is 0.500. The molecule has 0 spiro atoms. The summed E-state index contributed by atoms with van der Waals surface area (Å²) in [6.45, 7) is 8.71. The Hall–Kier alpha value is -1.70. The van der Waals surface area contributed by atoms with Gasteiger partial charge in [-0.15, -0.1) is 0 Å². The first-order valence-corrected chi connectivity index (χ1v) is 10.3. The van der Waals surface area contributed by atoms with Gasteiger partial charge in [-0.2, -0.15) is 5.10 Å². The van der Waals surface area contributed by atoms with Gasteiger partial charge in [0.15, 0.2) is 0 Å². The molecule has 1 aromatic heterocycles. The number of hydrogen-bond acceptors (Lipinski definition) is 4. The van der Waals surface area contributed by atoms with Gasteiger partial charge in [-0.3, -0.25) is 9.58 Å². The van der Waals surface area contributed by atoms with Crippen LogP contribution < -0.4 is 4.72 Å². The number of rotatable bonds is 6. The lowest BCUT2D eigenvalue weighted by molar-refractivity contribution is 0.167. The summed E-state index contributed by atoms with van der Waals surface area (Å²) in [5, 5.41) is 4.39. The van der Waals surface area contributed by atoms with E-state index in [0.29, 0.717) is 6.54 Å². The minimum absolute atomic E-state index is 0.00481. The zero-order chi connectivity index (χ0) is 18.0. The minimum atomic E-state index is -3.20. The maximum atomic E-state index is 11.8. The predicted octanol–water partition coefficient (Wildman–Crippen LogP) is 2.00. The Labute approximate surface area is 149 Å². The van der Waals surface area contributed by atoms with Crippen molar-refractivity contribution in [1.82, 2.24) is 19.4 Å². The highest BCUT2D eigenvalue weighted by Crippen LogP contribution is 2.23. The zero-order valence-corrected chi connectivity index (χ0v) is 15.9. The Balaban J connectivity index is 1.76. The van der Waals surface area contributed by atoms with Crippen molar-refractivity contribution in [3.05, 3.63) is 52.8 Å². The highest BCUT2D eigenvalue weighted by molar-refractivity contribution is 7.89. The molecule has 2 aromatic rings. The van der Waals surface area contributed by atoms with Gasteiger partial charge in [0.2, 0.25) is 10.0 Å². The number of benzene rings is 1. The van der Waals surface area contributed by atoms with E-state index in [0.717, 1.165) is 25.3 Å². The van der Waals surface area contributed by atoms with Gasteiger partial charge in [-0.05, 0) is 38.0 Å². The van der Waals surface area contributed by atoms with Crippen molar-refractivity contribution in [2.24, 2.45) is 0 Å². The molecule has 136 valence electrons. The minimum Gasteiger partial charge on any atom is -0.291 e. The molecule has 0 bridgehead atoms. The smallest absolute Gasteiger partial charge is 0.211 e. The number of nitrogens with one attached hydrogen (secondary N) is 1. The maximum absolute atomic E-state index is 11.8. The molecule has 6 nitrogen and oxygen atoms in total. The van der Waals surface area contributed by atoms with Crippen molar-refractivity contribution in [2.45, 2.75) is 39.9 Å². The first-order chi connectivity index (χ1) is 11.9. The quantitative estimate of drug-likeness (QED) is 0.853. The van der Waals surface area contributed by atoms with Gasteiger partial charge in [-0.1, -0.05) is 23.8 Å². The normalized spacial score (nSPS) is 18.3. The summed E-state index contributed by atoms with van der Waals surface area (Å²) in [5.41, 5.74) is 4.99. The summed E-state index contributed by atoms with van der Waals surface area (Å²) >= 11 is 0. The van der Waals surface area contributed by atoms with E-state index in [-0.39, 0.29) is 11.8 Å². The van der Waals surface area contributed by atoms with Crippen LogP contribution in [-0.2, 0) is 23.1 Å². The van der Waals surface area contributed by atoms with E-state index in [2.05, 4.69) is 46.8 Å². The molecule has 0 fully saturated rings. The second-order valence-electron chi connectivity index (χ2n) is 6.77. The van der Waals surface area contributed by atoms with Crippen molar-refractivity contribution in [1.29, 1.82) is 0 Å². The Morgan fingerprint density at radius 2 is 2.08 bits per heavy atom. The molecule has 0 saturated carbocycles. The second kappa shape index (κ2) is 7.27. The van der Waals surface area contributed by atoms with Crippen LogP contribution in [0, 0.1) is 13.8 Å². The van der Waals surface area contributed by atoms with E-state index in [1.54, 1.807) is 13.1 Å². The van der Waals surface area contributed by atoms with Crippen LogP contribution in [0.3, 0.4) is 0 Å². The third kappa shape index (κ3) is 4.29. The molecule has 1 aliphatic heterocycles. The molecule has 1 aliphatic rings. The number of aromatic nitrogens is 2. The van der Waals surface area contributed by atoms with Crippen LogP contribution in [-0.4, -0.2) is 41.9 Å². The van der Waals surface area contributed by atoms with Gasteiger partial charge in [0.1, 0.15) is 0 Å². The van der Waals surface area contributed by atoms with Crippen LogP contribution in [0.15, 0.2) is 30.5 Å². The Kier molecular flexibility index (Phi) is 5.27. The van der Waals surface area contributed by atoms with Crippen molar-refractivity contribution < 1.29 is 8.42 Å². The molecule has 1 atom stereocenters. The van der Waals surface area contributed by atoms with Crippen molar-refractivity contribution in [3.63, 3.8) is 0 Å². The topological polar surface area (TPSA) is 67.2 Å². The summed E-state index contributed by atoms with van der Waals surface area (Å²) < 4.78 is 28.2. The van der Waals surface area contributed by atoms with E-state index >= 15 is 0 Å². The molecule has 0 aliphatic carbocycles. The summed E-state index contributed by atoms with van der Waals surface area (Å²) in [7, 11) is -3.20. The van der Waals surface area contributed by atoms with Gasteiger partial charge in [0.25, 0.3) is 0 Å². The van der Waals surface area contributed by atoms with Crippen LogP contribution in [0.1, 0.15) is 35.3 Å². The number of sulfonamides is 1. The maximum Gasteiger partial charge on any atom is 0.211 e. The van der Waals surface area contributed by atoms with Gasteiger partial charge >= 0.3 is 0 Å². The van der Waals surface area contributed by atoms with Gasteiger partial charge in [-0.25, -0.2) is 13.1 Å². The summed E-state index contributed by atoms with van der Waals surface area (Å²) in [6, 6.07) is 8.54. The largest absolute Gasteiger partial charge is 0.291 e. The average molecular weight is 362 g/mol. The molecule has 0 radical (unpaired) electrons. The van der Waals surface area contributed by atoms with E-state index < -0.39 is 10.0 Å². The Morgan fingerprint density at radius 1 is 1.28 bits per heavy atom. The van der Waals surface area contributed by atoms with Crippen LogP contribution in [0.25, 0.3) is 0 Å². The third-order valence-corrected chi connectivity index (χ3v) is 6.14. The van der Waals surface area contributed by atoms with Crippen LogP contribution >= 0.6 is 0 Å². The van der Waals surface area contributed by atoms with Crippen molar-refractivity contribution in [3.8, 4) is 0 Å². The molecule has 7 heteroatoms. The molecule has 1 N–H and O–H groups in total. The van der Waals surface area contributed by atoms with Gasteiger partial charge in [0, 0.05) is 32.4 Å². The number of hydrogen-bond donors (Lipinski definition) is 1. The molecule has 0 unspecified atom stereocenters. The molecular weight excluding hydrogens is 336 g/mol. The van der Waals surface area contributed by atoms with Gasteiger partial charge < -0.3 is 0 Å². The number of nitrogens with zero attached hydrogens (tertiary/aromatic N) is 3. The predicted molar refractivity (Wildman–Crippen MR) is 98.8 cm³/mol. The van der Waals surface area contributed by atoms with Crippen LogP contribution in [0.2, 0.25) is 0 Å². The standard InChI is InChI=1S/C18H26N4O2S/c1-4-25(23,24)20-10-18-13-21(12-17-7-8-19-22(17)18)11-16-9-14(2)5-6-15(16)3/h5-9,18,20H,4,10-13H2,1-3H3/t18-/m0/s1. The van der Waals surface area contributed by atoms with Crippen molar-refractivity contribution >= 4 is 10.0 Å². The summed E-state index contributed by atoms with van der Waals surface area (Å²) in [5.74, 6) is 0.0951. The van der Waals surface area contributed by atoms with Gasteiger partial charge in [0.05, 0.1) is 17.5 Å². The SMILES string of the molecule is CCS(=O)(=O)NC[C@H]1CN(Cc2cc(C)ccc2C)Cc2ccnn21. The molecule has 1 aromatic carbocycles. The molecule has 2 heterocycles. The second-order valence-corrected chi connectivity index (χ2v) is 8.87. The summed E-state index contributed by atoms with van der Waals surface area (Å²) in [4.78, 5) is 2.36. The van der Waals surface area contributed by atoms with Crippen molar-refractivity contribution in [2.75, 3.05) is 18.8 Å². The lowest BCUT2D eigenvalue weighted by Gasteiger charge is -2.34. The highest BCUT2D eigenvalue weighted by Gasteiger charge is 2.26. The van der Waals surface area contributed by atoms with E-state index in [1.807, 2.05) is 10.7 Å². The monoisotopic (exact) mass is 362 g/mol. The van der Waals surface area contributed by atoms with Crippen LogP contribution in [0.5, 0.6) is 0 Å². The number of fused-ring (bicyclic) bond motifs is 1. The fourth-order valence-electron chi connectivity index (χ4n) is 3.27. The highest BCUT2D eigenvalue weighted by atomic mass is 32.2. The average Bonchev–Trinajstić information content (AvgIpc) is 3.05. The van der Waals surface area contributed by atoms with E-state index in [4.69, 9.17) is 0 Å². The third-order valence-electron chi connectivity index (χ3n) is 4.77. The lowest BCUT2D eigenvalue weighted by atomic mass is 10.0. The first kappa shape index (κ1) is 18.1. The lowest BCUT2D eigenvalue weighted by Crippen LogP contribution is -2.43. The van der Waals surface area contributed by atoms with E-state index in [9.17, 15) is 8.42 Å². The van der Waals surface area contributed by atoms with E-state index in [1.165, 1.54) is 16.7 Å². The zero-order valence-electron chi connectivity index (χ0n) is 15.1. The fourth-order valence-corrected chi connectivity index (χ4v) is 3.92. The first-order valence-electron chi connectivity index (χ1n) is 8.66. The Morgan fingerprint density at radius 3 is 2.84 bits per heavy atom. The molecule has 3 rings (SSSR count). The molecule has 0 amide bonds. The summed E-state index contributed by atoms with van der Waals surface area (Å²) in [6.07, 6.45) is 1.79. The Bertz CT molecular complexity index is 845. The molecule has 25 heavy (non-hydrogen) atoms. The molecular formula is C18H26N4O2S. The molecule has 0 saturated heterocycles. The van der Waals surface area contributed by atoms with Crippen LogP contribution in [0.4, 0.5) is 0 Å². The number of aryl methyl sites for hydroxylation is 2.